The van der Waals surface area contributed by atoms with E-state index in [9.17, 15) is 13.2 Å². The molecule has 0 spiro atoms. The second-order valence-corrected chi connectivity index (χ2v) is 7.07. The van der Waals surface area contributed by atoms with Crippen molar-refractivity contribution in [2.75, 3.05) is 10.5 Å². The van der Waals surface area contributed by atoms with Crippen LogP contribution in [0, 0.1) is 5.41 Å². The normalized spacial score (nSPS) is 12.4. The fraction of sp³-hybridized carbons (Fsp3) is 0.600. The first-order chi connectivity index (χ1) is 8.00. The van der Waals surface area contributed by atoms with Crippen molar-refractivity contribution in [3.05, 3.63) is 11.9 Å². The summed E-state index contributed by atoms with van der Waals surface area (Å²) in [5.74, 6) is -0.836. The molecule has 3 N–H and O–H groups in total. The zero-order chi connectivity index (χ0) is 14.1. The molecule has 8 heteroatoms. The molecule has 0 atom stereocenters. The van der Waals surface area contributed by atoms with Crippen LogP contribution in [0.4, 0.5) is 5.69 Å². The third kappa shape index (κ3) is 4.02. The maximum Gasteiger partial charge on any atom is 0.271 e. The first-order valence-electron chi connectivity index (χ1n) is 5.34. The maximum absolute atomic E-state index is 11.9. The SMILES string of the molecule is Cn1cc(NS(=O)(=O)CC(C)(C)C)c(C(N)=O)n1. The summed E-state index contributed by atoms with van der Waals surface area (Å²) in [5.41, 5.74) is 4.75. The molecule has 0 aliphatic rings. The van der Waals surface area contributed by atoms with Gasteiger partial charge in [0.05, 0.1) is 11.4 Å². The Labute approximate surface area is 106 Å². The van der Waals surface area contributed by atoms with E-state index in [0.29, 0.717) is 0 Å². The molecule has 1 rings (SSSR count). The Morgan fingerprint density at radius 1 is 1.50 bits per heavy atom. The molecule has 1 amide bonds. The second-order valence-electron chi connectivity index (χ2n) is 5.35. The molecule has 102 valence electrons. The average Bonchev–Trinajstić information content (AvgIpc) is 2.40. The zero-order valence-electron chi connectivity index (χ0n) is 10.9. The van der Waals surface area contributed by atoms with Gasteiger partial charge in [-0.3, -0.25) is 14.2 Å². The number of rotatable bonds is 4. The Morgan fingerprint density at radius 2 is 2.06 bits per heavy atom. The van der Waals surface area contributed by atoms with Crippen LogP contribution in [0.15, 0.2) is 6.20 Å². The van der Waals surface area contributed by atoms with Crippen LogP contribution < -0.4 is 10.5 Å². The van der Waals surface area contributed by atoms with E-state index in [1.165, 1.54) is 10.9 Å². The quantitative estimate of drug-likeness (QED) is 0.823. The lowest BCUT2D eigenvalue weighted by molar-refractivity contribution is 0.0995. The molecule has 1 aromatic rings. The van der Waals surface area contributed by atoms with E-state index in [1.54, 1.807) is 7.05 Å². The number of hydrogen-bond acceptors (Lipinski definition) is 4. The summed E-state index contributed by atoms with van der Waals surface area (Å²) in [6.45, 7) is 5.43. The molecule has 7 nitrogen and oxygen atoms in total. The van der Waals surface area contributed by atoms with Gasteiger partial charge in [-0.25, -0.2) is 8.42 Å². The van der Waals surface area contributed by atoms with Gasteiger partial charge in [-0.15, -0.1) is 0 Å². The number of sulfonamides is 1. The average molecular weight is 274 g/mol. The van der Waals surface area contributed by atoms with Crippen LogP contribution in [0.3, 0.4) is 0 Å². The lowest BCUT2D eigenvalue weighted by atomic mass is 10.0. The van der Waals surface area contributed by atoms with Crippen molar-refractivity contribution in [1.82, 2.24) is 9.78 Å². The fourth-order valence-corrected chi connectivity index (χ4v) is 3.22. The van der Waals surface area contributed by atoms with E-state index in [-0.39, 0.29) is 22.5 Å². The monoisotopic (exact) mass is 274 g/mol. The highest BCUT2D eigenvalue weighted by Gasteiger charge is 2.24. The lowest BCUT2D eigenvalue weighted by Crippen LogP contribution is -2.27. The van der Waals surface area contributed by atoms with Gasteiger partial charge in [0.2, 0.25) is 10.0 Å². The lowest BCUT2D eigenvalue weighted by Gasteiger charge is -2.18. The van der Waals surface area contributed by atoms with E-state index >= 15 is 0 Å². The number of anilines is 1. The molecule has 18 heavy (non-hydrogen) atoms. The van der Waals surface area contributed by atoms with Gasteiger partial charge in [0.25, 0.3) is 5.91 Å². The molecular formula is C10H18N4O3S. The predicted molar refractivity (Wildman–Crippen MR) is 68.6 cm³/mol. The van der Waals surface area contributed by atoms with Crippen molar-refractivity contribution in [1.29, 1.82) is 0 Å². The predicted octanol–water partition coefficient (Wildman–Crippen LogP) is 0.307. The van der Waals surface area contributed by atoms with Gasteiger partial charge in [0, 0.05) is 13.2 Å². The first kappa shape index (κ1) is 14.5. The number of aryl methyl sites for hydroxylation is 1. The van der Waals surface area contributed by atoms with E-state index in [2.05, 4.69) is 9.82 Å². The van der Waals surface area contributed by atoms with Crippen molar-refractivity contribution >= 4 is 21.6 Å². The molecule has 0 aliphatic heterocycles. The number of primary amides is 1. The van der Waals surface area contributed by atoms with Gasteiger partial charge in [-0.05, 0) is 5.41 Å². The van der Waals surface area contributed by atoms with Crippen LogP contribution in [0.25, 0.3) is 0 Å². The molecule has 0 bridgehead atoms. The van der Waals surface area contributed by atoms with Gasteiger partial charge in [0.1, 0.15) is 0 Å². The summed E-state index contributed by atoms with van der Waals surface area (Å²) in [7, 11) is -1.97. The minimum atomic E-state index is -3.55. The zero-order valence-corrected chi connectivity index (χ0v) is 11.7. The molecule has 1 aromatic heterocycles. The standard InChI is InChI=1S/C10H18N4O3S/c1-10(2,3)6-18(16,17)13-7-5-14(4)12-8(7)9(11)15/h5,13H,6H2,1-4H3,(H2,11,15). The number of amides is 1. The summed E-state index contributed by atoms with van der Waals surface area (Å²) in [6, 6.07) is 0. The van der Waals surface area contributed by atoms with E-state index in [1.807, 2.05) is 20.8 Å². The number of nitrogens with one attached hydrogen (secondary N) is 1. The molecule has 0 saturated carbocycles. The van der Waals surface area contributed by atoms with Crippen LogP contribution in [-0.2, 0) is 17.1 Å². The number of aromatic nitrogens is 2. The van der Waals surface area contributed by atoms with Crippen molar-refractivity contribution in [2.24, 2.45) is 18.2 Å². The van der Waals surface area contributed by atoms with Crippen LogP contribution in [0.2, 0.25) is 0 Å². The Kier molecular flexibility index (Phi) is 3.70. The highest BCUT2D eigenvalue weighted by molar-refractivity contribution is 7.92. The molecular weight excluding hydrogens is 256 g/mol. The molecule has 0 unspecified atom stereocenters. The van der Waals surface area contributed by atoms with E-state index < -0.39 is 15.9 Å². The van der Waals surface area contributed by atoms with Gasteiger partial charge < -0.3 is 5.73 Å². The van der Waals surface area contributed by atoms with Crippen molar-refractivity contribution in [2.45, 2.75) is 20.8 Å². The van der Waals surface area contributed by atoms with Gasteiger partial charge in [-0.2, -0.15) is 5.10 Å². The Bertz CT molecular complexity index is 554. The summed E-state index contributed by atoms with van der Waals surface area (Å²) in [6.07, 6.45) is 1.40. The molecule has 0 aromatic carbocycles. The van der Waals surface area contributed by atoms with Crippen molar-refractivity contribution in [3.63, 3.8) is 0 Å². The van der Waals surface area contributed by atoms with E-state index in [4.69, 9.17) is 5.73 Å². The number of hydrogen-bond donors (Lipinski definition) is 2. The van der Waals surface area contributed by atoms with Crippen LogP contribution in [-0.4, -0.2) is 29.9 Å². The number of nitrogens with zero attached hydrogens (tertiary/aromatic N) is 2. The Hall–Kier alpha value is -1.57. The van der Waals surface area contributed by atoms with Crippen molar-refractivity contribution < 1.29 is 13.2 Å². The molecule has 0 fully saturated rings. The second kappa shape index (κ2) is 4.60. The molecule has 0 radical (unpaired) electrons. The van der Waals surface area contributed by atoms with Crippen LogP contribution >= 0.6 is 0 Å². The topological polar surface area (TPSA) is 107 Å². The third-order valence-corrected chi connectivity index (χ3v) is 3.73. The highest BCUT2D eigenvalue weighted by Crippen LogP contribution is 2.20. The summed E-state index contributed by atoms with van der Waals surface area (Å²) >= 11 is 0. The summed E-state index contributed by atoms with van der Waals surface area (Å²) in [4.78, 5) is 11.1. The maximum atomic E-state index is 11.9. The number of carbonyl (C=O) groups excluding carboxylic acids is 1. The number of carbonyl (C=O) groups is 1. The molecule has 1 heterocycles. The summed E-state index contributed by atoms with van der Waals surface area (Å²) in [5, 5.41) is 3.81. The van der Waals surface area contributed by atoms with Crippen molar-refractivity contribution in [3.8, 4) is 0 Å². The Morgan fingerprint density at radius 3 is 2.50 bits per heavy atom. The third-order valence-electron chi connectivity index (χ3n) is 1.95. The van der Waals surface area contributed by atoms with Gasteiger partial charge in [0.15, 0.2) is 5.69 Å². The molecule has 0 aliphatic carbocycles. The Balaban J connectivity index is 3.01. The van der Waals surface area contributed by atoms with Gasteiger partial charge in [-0.1, -0.05) is 20.8 Å². The smallest absolute Gasteiger partial charge is 0.271 e. The van der Waals surface area contributed by atoms with Crippen LogP contribution in [0.1, 0.15) is 31.3 Å². The van der Waals surface area contributed by atoms with Gasteiger partial charge >= 0.3 is 0 Å². The molecule has 0 saturated heterocycles. The first-order valence-corrected chi connectivity index (χ1v) is 6.99. The minimum Gasteiger partial charge on any atom is -0.364 e. The largest absolute Gasteiger partial charge is 0.364 e. The summed E-state index contributed by atoms with van der Waals surface area (Å²) < 4.78 is 27.5. The minimum absolute atomic E-state index is 0.0624. The number of nitrogens with two attached hydrogens (primary N) is 1. The fourth-order valence-electron chi connectivity index (χ4n) is 1.52. The van der Waals surface area contributed by atoms with Crippen LogP contribution in [0.5, 0.6) is 0 Å². The van der Waals surface area contributed by atoms with E-state index in [0.717, 1.165) is 0 Å². The highest BCUT2D eigenvalue weighted by atomic mass is 32.2.